The number of pyridine rings is 1. The molecule has 0 atom stereocenters. The van der Waals surface area contributed by atoms with Crippen LogP contribution in [0.2, 0.25) is 0 Å². The average molecular weight is 362 g/mol. The minimum absolute atomic E-state index is 0.0696. The molecule has 8 nitrogen and oxygen atoms in total. The van der Waals surface area contributed by atoms with E-state index in [1.54, 1.807) is 12.1 Å². The normalized spacial score (nSPS) is 10.9. The first kappa shape index (κ1) is 16.6. The first-order valence-corrected chi connectivity index (χ1v) is 8.17. The Bertz CT molecular complexity index is 1140. The maximum atomic E-state index is 11.0. The SMILES string of the molecule is Cc1cc(-c2noc(COc3ccccc3[N+](=O)[O-])n2)c2ccccc2n1. The maximum absolute atomic E-state index is 11.0. The number of nitro groups is 1. The zero-order valence-corrected chi connectivity index (χ0v) is 14.3. The smallest absolute Gasteiger partial charge is 0.310 e. The zero-order chi connectivity index (χ0) is 18.8. The van der Waals surface area contributed by atoms with Crippen molar-refractivity contribution in [2.45, 2.75) is 13.5 Å². The van der Waals surface area contributed by atoms with E-state index in [0.717, 1.165) is 22.2 Å². The summed E-state index contributed by atoms with van der Waals surface area (Å²) < 4.78 is 10.7. The highest BCUT2D eigenvalue weighted by Gasteiger charge is 2.17. The number of ether oxygens (including phenoxy) is 1. The van der Waals surface area contributed by atoms with Crippen LogP contribution in [0.5, 0.6) is 5.75 Å². The van der Waals surface area contributed by atoms with Crippen LogP contribution in [0.25, 0.3) is 22.3 Å². The predicted molar refractivity (Wildman–Crippen MR) is 97.2 cm³/mol. The quantitative estimate of drug-likeness (QED) is 0.389. The van der Waals surface area contributed by atoms with Gasteiger partial charge in [0.2, 0.25) is 5.82 Å². The van der Waals surface area contributed by atoms with Gasteiger partial charge in [-0.3, -0.25) is 15.1 Å². The van der Waals surface area contributed by atoms with Gasteiger partial charge in [0.1, 0.15) is 0 Å². The van der Waals surface area contributed by atoms with E-state index in [2.05, 4.69) is 15.1 Å². The van der Waals surface area contributed by atoms with Gasteiger partial charge in [-0.2, -0.15) is 4.98 Å². The van der Waals surface area contributed by atoms with Crippen LogP contribution in [0.3, 0.4) is 0 Å². The summed E-state index contributed by atoms with van der Waals surface area (Å²) in [7, 11) is 0. The highest BCUT2D eigenvalue weighted by Crippen LogP contribution is 2.28. The molecule has 0 radical (unpaired) electrons. The van der Waals surface area contributed by atoms with E-state index >= 15 is 0 Å². The van der Waals surface area contributed by atoms with E-state index in [0.29, 0.717) is 5.82 Å². The molecular weight excluding hydrogens is 348 g/mol. The molecule has 4 aromatic rings. The molecule has 0 aliphatic rings. The Balaban J connectivity index is 1.61. The molecule has 0 saturated carbocycles. The lowest BCUT2D eigenvalue weighted by Crippen LogP contribution is -1.99. The van der Waals surface area contributed by atoms with Crippen LogP contribution in [0.15, 0.2) is 59.1 Å². The van der Waals surface area contributed by atoms with E-state index < -0.39 is 4.92 Å². The van der Waals surface area contributed by atoms with Crippen molar-refractivity contribution in [1.82, 2.24) is 15.1 Å². The van der Waals surface area contributed by atoms with Gasteiger partial charge in [0.25, 0.3) is 5.89 Å². The second-order valence-corrected chi connectivity index (χ2v) is 5.85. The van der Waals surface area contributed by atoms with Crippen LogP contribution < -0.4 is 4.74 Å². The summed E-state index contributed by atoms with van der Waals surface area (Å²) in [6.45, 7) is 1.83. The molecule has 0 aliphatic carbocycles. The molecule has 0 saturated heterocycles. The first-order chi connectivity index (χ1) is 13.1. The third-order valence-electron chi connectivity index (χ3n) is 3.97. The lowest BCUT2D eigenvalue weighted by molar-refractivity contribution is -0.386. The molecular formula is C19H14N4O4. The number of benzene rings is 2. The molecule has 2 heterocycles. The number of nitro benzene ring substituents is 1. The second kappa shape index (κ2) is 6.83. The molecule has 0 unspecified atom stereocenters. The highest BCUT2D eigenvalue weighted by molar-refractivity contribution is 5.92. The number of aromatic nitrogens is 3. The molecule has 134 valence electrons. The van der Waals surface area contributed by atoms with Gasteiger partial charge in [-0.05, 0) is 25.1 Å². The number of rotatable bonds is 5. The molecule has 0 amide bonds. The monoisotopic (exact) mass is 362 g/mol. The maximum Gasteiger partial charge on any atom is 0.310 e. The van der Waals surface area contributed by atoms with Crippen molar-refractivity contribution in [2.24, 2.45) is 0 Å². The van der Waals surface area contributed by atoms with Crippen LogP contribution >= 0.6 is 0 Å². The molecule has 0 N–H and O–H groups in total. The van der Waals surface area contributed by atoms with Crippen molar-refractivity contribution in [3.8, 4) is 17.1 Å². The molecule has 4 rings (SSSR count). The molecule has 2 aromatic heterocycles. The predicted octanol–water partition coefficient (Wildman–Crippen LogP) is 4.08. The number of para-hydroxylation sites is 3. The van der Waals surface area contributed by atoms with E-state index in [4.69, 9.17) is 9.26 Å². The summed E-state index contributed by atoms with van der Waals surface area (Å²) in [4.78, 5) is 19.4. The first-order valence-electron chi connectivity index (χ1n) is 8.17. The molecule has 27 heavy (non-hydrogen) atoms. The molecule has 0 bridgehead atoms. The summed E-state index contributed by atoms with van der Waals surface area (Å²) in [6.07, 6.45) is 0. The number of nitrogens with zero attached hydrogens (tertiary/aromatic N) is 4. The molecule has 0 fully saturated rings. The largest absolute Gasteiger partial charge is 0.477 e. The average Bonchev–Trinajstić information content (AvgIpc) is 3.14. The van der Waals surface area contributed by atoms with Crippen LogP contribution in [0.1, 0.15) is 11.6 Å². The Hall–Kier alpha value is -3.81. The zero-order valence-electron chi connectivity index (χ0n) is 14.3. The lowest BCUT2D eigenvalue weighted by Gasteiger charge is -2.04. The summed E-state index contributed by atoms with van der Waals surface area (Å²) in [5.41, 5.74) is 2.37. The summed E-state index contributed by atoms with van der Waals surface area (Å²) in [6, 6.07) is 15.7. The Labute approximate surface area is 153 Å². The van der Waals surface area contributed by atoms with Crippen LogP contribution in [0, 0.1) is 17.0 Å². The van der Waals surface area contributed by atoms with Gasteiger partial charge in [0, 0.05) is 22.7 Å². The molecule has 8 heteroatoms. The minimum atomic E-state index is -0.500. The second-order valence-electron chi connectivity index (χ2n) is 5.85. The number of aryl methyl sites for hydroxylation is 1. The third-order valence-corrected chi connectivity index (χ3v) is 3.97. The van der Waals surface area contributed by atoms with Gasteiger partial charge in [0.15, 0.2) is 12.4 Å². The Kier molecular flexibility index (Phi) is 4.21. The third kappa shape index (κ3) is 3.32. The summed E-state index contributed by atoms with van der Waals surface area (Å²) in [5.74, 6) is 0.784. The fourth-order valence-corrected chi connectivity index (χ4v) is 2.79. The van der Waals surface area contributed by atoms with Gasteiger partial charge in [-0.25, -0.2) is 0 Å². The van der Waals surface area contributed by atoms with Crippen molar-refractivity contribution in [3.63, 3.8) is 0 Å². The van der Waals surface area contributed by atoms with Gasteiger partial charge in [0.05, 0.1) is 10.4 Å². The lowest BCUT2D eigenvalue weighted by atomic mass is 10.1. The van der Waals surface area contributed by atoms with Crippen LogP contribution in [-0.2, 0) is 6.61 Å². The highest BCUT2D eigenvalue weighted by atomic mass is 16.6. The Morgan fingerprint density at radius 1 is 1.11 bits per heavy atom. The van der Waals surface area contributed by atoms with Gasteiger partial charge >= 0.3 is 5.69 Å². The fourth-order valence-electron chi connectivity index (χ4n) is 2.79. The van der Waals surface area contributed by atoms with Crippen molar-refractivity contribution in [2.75, 3.05) is 0 Å². The van der Waals surface area contributed by atoms with E-state index in [-0.39, 0.29) is 23.9 Å². The number of hydrogen-bond donors (Lipinski definition) is 0. The summed E-state index contributed by atoms with van der Waals surface area (Å²) >= 11 is 0. The van der Waals surface area contributed by atoms with Crippen molar-refractivity contribution < 1.29 is 14.2 Å². The molecule has 2 aromatic carbocycles. The van der Waals surface area contributed by atoms with Crippen LogP contribution in [0.4, 0.5) is 5.69 Å². The standard InChI is InChI=1S/C19H14N4O4/c1-12-10-14(13-6-2-3-7-15(13)20-12)19-21-18(27-22-19)11-26-17-9-5-4-8-16(17)23(24)25/h2-10H,11H2,1H3. The Morgan fingerprint density at radius 3 is 2.74 bits per heavy atom. The van der Waals surface area contributed by atoms with Crippen molar-refractivity contribution in [1.29, 1.82) is 0 Å². The topological polar surface area (TPSA) is 104 Å². The van der Waals surface area contributed by atoms with Gasteiger partial charge in [-0.15, -0.1) is 0 Å². The van der Waals surface area contributed by atoms with Gasteiger partial charge < -0.3 is 9.26 Å². The fraction of sp³-hybridized carbons (Fsp3) is 0.105. The molecule has 0 aliphatic heterocycles. The van der Waals surface area contributed by atoms with E-state index in [9.17, 15) is 10.1 Å². The van der Waals surface area contributed by atoms with Crippen molar-refractivity contribution in [3.05, 3.63) is 76.3 Å². The van der Waals surface area contributed by atoms with E-state index in [1.165, 1.54) is 12.1 Å². The summed E-state index contributed by atoms with van der Waals surface area (Å²) in [5, 5.41) is 16.0. The van der Waals surface area contributed by atoms with Gasteiger partial charge in [-0.1, -0.05) is 35.5 Å². The number of hydrogen-bond acceptors (Lipinski definition) is 7. The molecule has 0 spiro atoms. The van der Waals surface area contributed by atoms with Crippen LogP contribution in [-0.4, -0.2) is 20.0 Å². The Morgan fingerprint density at radius 2 is 1.89 bits per heavy atom. The van der Waals surface area contributed by atoms with E-state index in [1.807, 2.05) is 37.3 Å². The van der Waals surface area contributed by atoms with Crippen molar-refractivity contribution >= 4 is 16.6 Å². The minimum Gasteiger partial charge on any atom is -0.477 e. The number of fused-ring (bicyclic) bond motifs is 1.